The van der Waals surface area contributed by atoms with Crippen molar-refractivity contribution in [2.45, 2.75) is 19.4 Å². The molecule has 1 unspecified atom stereocenters. The first-order chi connectivity index (χ1) is 7.20. The van der Waals surface area contributed by atoms with E-state index in [1.54, 1.807) is 0 Å². The van der Waals surface area contributed by atoms with Crippen molar-refractivity contribution in [1.82, 2.24) is 0 Å². The summed E-state index contributed by atoms with van der Waals surface area (Å²) in [5.74, 6) is 5.19. The predicted octanol–water partition coefficient (Wildman–Crippen LogP) is 2.12. The Morgan fingerprint density at radius 3 is 2.93 bits per heavy atom. The first kappa shape index (κ1) is 10.7. The van der Waals surface area contributed by atoms with E-state index in [0.717, 1.165) is 24.5 Å². The number of anilines is 1. The molecule has 0 aromatic heterocycles. The summed E-state index contributed by atoms with van der Waals surface area (Å²) in [6, 6.07) is 5.95. The Kier molecular flexibility index (Phi) is 3.14. The fourth-order valence-corrected chi connectivity index (χ4v) is 2.26. The molecule has 2 N–H and O–H groups in total. The summed E-state index contributed by atoms with van der Waals surface area (Å²) in [4.78, 5) is 7.14. The van der Waals surface area contributed by atoms with Crippen LogP contribution in [0.1, 0.15) is 12.0 Å². The van der Waals surface area contributed by atoms with E-state index in [1.807, 2.05) is 12.1 Å². The number of benzene rings is 1. The molecule has 0 amide bonds. The second-order valence-electron chi connectivity index (χ2n) is 3.92. The van der Waals surface area contributed by atoms with Gasteiger partial charge in [0.1, 0.15) is 0 Å². The summed E-state index contributed by atoms with van der Waals surface area (Å²) in [5, 5.41) is 0.780. The van der Waals surface area contributed by atoms with Gasteiger partial charge < -0.3 is 4.90 Å². The van der Waals surface area contributed by atoms with Crippen molar-refractivity contribution < 1.29 is 4.84 Å². The van der Waals surface area contributed by atoms with Gasteiger partial charge >= 0.3 is 0 Å². The molecule has 1 aliphatic heterocycles. The monoisotopic (exact) mass is 226 g/mol. The van der Waals surface area contributed by atoms with Crippen molar-refractivity contribution in [2.75, 3.05) is 18.0 Å². The van der Waals surface area contributed by atoms with Gasteiger partial charge in [0.15, 0.2) is 0 Å². The molecular weight excluding hydrogens is 212 g/mol. The topological polar surface area (TPSA) is 38.5 Å². The Balaban J connectivity index is 2.17. The highest BCUT2D eigenvalue weighted by molar-refractivity contribution is 6.30. The number of nitrogens with zero attached hydrogens (tertiary/aromatic N) is 1. The van der Waals surface area contributed by atoms with Crippen LogP contribution in [0.15, 0.2) is 18.2 Å². The van der Waals surface area contributed by atoms with Crippen LogP contribution in [-0.4, -0.2) is 19.2 Å². The Labute approximate surface area is 94.7 Å². The van der Waals surface area contributed by atoms with E-state index in [2.05, 4.69) is 17.9 Å². The molecule has 1 fully saturated rings. The summed E-state index contributed by atoms with van der Waals surface area (Å²) in [6.45, 7) is 3.92. The van der Waals surface area contributed by atoms with Gasteiger partial charge in [0.05, 0.1) is 6.10 Å². The second-order valence-corrected chi connectivity index (χ2v) is 4.36. The molecule has 2 rings (SSSR count). The van der Waals surface area contributed by atoms with Crippen molar-refractivity contribution >= 4 is 17.3 Å². The summed E-state index contributed by atoms with van der Waals surface area (Å²) >= 11 is 5.92. The van der Waals surface area contributed by atoms with E-state index >= 15 is 0 Å². The van der Waals surface area contributed by atoms with Gasteiger partial charge in [0, 0.05) is 23.8 Å². The molecule has 4 heteroatoms. The maximum Gasteiger partial charge on any atom is 0.0978 e. The third-order valence-corrected chi connectivity index (χ3v) is 3.07. The average molecular weight is 227 g/mol. The third kappa shape index (κ3) is 2.25. The lowest BCUT2D eigenvalue weighted by atomic mass is 10.2. The highest BCUT2D eigenvalue weighted by Gasteiger charge is 2.23. The van der Waals surface area contributed by atoms with E-state index in [4.69, 9.17) is 22.3 Å². The number of aryl methyl sites for hydroxylation is 1. The van der Waals surface area contributed by atoms with Crippen LogP contribution >= 0.6 is 11.6 Å². The highest BCUT2D eigenvalue weighted by atomic mass is 35.5. The maximum absolute atomic E-state index is 5.92. The van der Waals surface area contributed by atoms with Gasteiger partial charge in [-0.3, -0.25) is 4.84 Å². The number of rotatable bonds is 2. The molecular formula is C11H15ClN2O. The molecule has 82 valence electrons. The zero-order valence-electron chi connectivity index (χ0n) is 8.74. The van der Waals surface area contributed by atoms with Crippen LogP contribution in [0, 0.1) is 6.92 Å². The quantitative estimate of drug-likeness (QED) is 0.786. The molecule has 0 saturated carbocycles. The molecule has 15 heavy (non-hydrogen) atoms. The largest absolute Gasteiger partial charge is 0.369 e. The molecule has 1 heterocycles. The van der Waals surface area contributed by atoms with Crippen LogP contribution in [0.25, 0.3) is 0 Å². The van der Waals surface area contributed by atoms with Crippen molar-refractivity contribution in [3.63, 3.8) is 0 Å². The van der Waals surface area contributed by atoms with Crippen LogP contribution in [-0.2, 0) is 4.84 Å². The van der Waals surface area contributed by atoms with E-state index in [0.29, 0.717) is 0 Å². The van der Waals surface area contributed by atoms with Gasteiger partial charge in [0.25, 0.3) is 0 Å². The summed E-state index contributed by atoms with van der Waals surface area (Å²) in [7, 11) is 0. The number of hydrogen-bond donors (Lipinski definition) is 1. The van der Waals surface area contributed by atoms with Gasteiger partial charge in [-0.05, 0) is 37.1 Å². The predicted molar refractivity (Wildman–Crippen MR) is 62.1 cm³/mol. The highest BCUT2D eigenvalue weighted by Crippen LogP contribution is 2.27. The van der Waals surface area contributed by atoms with Crippen LogP contribution in [0.3, 0.4) is 0 Å². The van der Waals surface area contributed by atoms with E-state index in [9.17, 15) is 0 Å². The Morgan fingerprint density at radius 2 is 2.33 bits per heavy atom. The second kappa shape index (κ2) is 4.39. The lowest BCUT2D eigenvalue weighted by molar-refractivity contribution is 0.0690. The summed E-state index contributed by atoms with van der Waals surface area (Å²) in [5.41, 5.74) is 2.42. The molecule has 1 aromatic rings. The number of nitrogens with two attached hydrogens (primary N) is 1. The van der Waals surface area contributed by atoms with Crippen LogP contribution in [0.4, 0.5) is 5.69 Å². The standard InChI is InChI=1S/C11H15ClN2O/c1-8-6-9(12)2-3-11(8)14-5-4-10(7-14)15-13/h2-3,6,10H,4-5,7,13H2,1H3. The van der Waals surface area contributed by atoms with Gasteiger partial charge in [-0.15, -0.1) is 0 Å². The minimum absolute atomic E-state index is 0.153. The third-order valence-electron chi connectivity index (χ3n) is 2.84. The first-order valence-corrected chi connectivity index (χ1v) is 5.45. The fraction of sp³-hybridized carbons (Fsp3) is 0.455. The van der Waals surface area contributed by atoms with Crippen molar-refractivity contribution in [1.29, 1.82) is 0 Å². The molecule has 0 spiro atoms. The van der Waals surface area contributed by atoms with Crippen LogP contribution in [0.5, 0.6) is 0 Å². The average Bonchev–Trinajstić information content (AvgIpc) is 2.66. The molecule has 1 aromatic carbocycles. The van der Waals surface area contributed by atoms with E-state index in [-0.39, 0.29) is 6.10 Å². The summed E-state index contributed by atoms with van der Waals surface area (Å²) < 4.78 is 0. The van der Waals surface area contributed by atoms with Crippen LogP contribution < -0.4 is 10.8 Å². The number of hydrogen-bond acceptors (Lipinski definition) is 3. The minimum Gasteiger partial charge on any atom is -0.369 e. The van der Waals surface area contributed by atoms with E-state index in [1.165, 1.54) is 11.3 Å². The molecule has 1 aliphatic rings. The summed E-state index contributed by atoms with van der Waals surface area (Å²) in [6.07, 6.45) is 1.14. The maximum atomic E-state index is 5.92. The lowest BCUT2D eigenvalue weighted by Crippen LogP contribution is -2.25. The van der Waals surface area contributed by atoms with Crippen molar-refractivity contribution in [2.24, 2.45) is 5.90 Å². The SMILES string of the molecule is Cc1cc(Cl)ccc1N1CCC(ON)C1. The smallest absolute Gasteiger partial charge is 0.0978 e. The normalized spacial score (nSPS) is 21.0. The van der Waals surface area contributed by atoms with Crippen molar-refractivity contribution in [3.05, 3.63) is 28.8 Å². The minimum atomic E-state index is 0.153. The fourth-order valence-electron chi connectivity index (χ4n) is 2.03. The lowest BCUT2D eigenvalue weighted by Gasteiger charge is -2.20. The zero-order valence-corrected chi connectivity index (χ0v) is 9.50. The molecule has 3 nitrogen and oxygen atoms in total. The number of halogens is 1. The molecule has 0 aliphatic carbocycles. The molecule has 0 bridgehead atoms. The Hall–Kier alpha value is -0.770. The van der Waals surface area contributed by atoms with Gasteiger partial charge in [0.2, 0.25) is 0 Å². The van der Waals surface area contributed by atoms with Gasteiger partial charge in [-0.1, -0.05) is 11.6 Å². The van der Waals surface area contributed by atoms with Gasteiger partial charge in [-0.25, -0.2) is 5.90 Å². The van der Waals surface area contributed by atoms with E-state index < -0.39 is 0 Å². The Morgan fingerprint density at radius 1 is 1.53 bits per heavy atom. The van der Waals surface area contributed by atoms with Crippen molar-refractivity contribution in [3.8, 4) is 0 Å². The zero-order chi connectivity index (χ0) is 10.8. The molecule has 1 saturated heterocycles. The first-order valence-electron chi connectivity index (χ1n) is 5.07. The van der Waals surface area contributed by atoms with Crippen LogP contribution in [0.2, 0.25) is 5.02 Å². The molecule has 1 atom stereocenters. The molecule has 0 radical (unpaired) electrons. The Bertz CT molecular complexity index is 356. The van der Waals surface area contributed by atoms with Gasteiger partial charge in [-0.2, -0.15) is 0 Å².